The minimum absolute atomic E-state index is 0. The maximum Gasteiger partial charge on any atom is 0.265 e. The van der Waals surface area contributed by atoms with E-state index in [9.17, 15) is 4.79 Å². The summed E-state index contributed by atoms with van der Waals surface area (Å²) in [5, 5.41) is 3.37. The van der Waals surface area contributed by atoms with Crippen LogP contribution in [0.2, 0.25) is 0 Å². The van der Waals surface area contributed by atoms with E-state index in [0.29, 0.717) is 31.2 Å². The molecule has 4 rings (SSSR count). The van der Waals surface area contributed by atoms with E-state index in [1.807, 2.05) is 23.7 Å². The molecule has 172 valence electrons. The predicted octanol–water partition coefficient (Wildman–Crippen LogP) is 3.97. The summed E-state index contributed by atoms with van der Waals surface area (Å²) in [4.78, 5) is 20.8. The van der Waals surface area contributed by atoms with Gasteiger partial charge in [0, 0.05) is 32.9 Å². The molecular weight excluding hydrogens is 459 g/mol. The molecule has 0 spiro atoms. The summed E-state index contributed by atoms with van der Waals surface area (Å²) in [6.07, 6.45) is 1.75. The SMILES string of the molecule is CN(CC(C)(C)C)C(=O)c1cn2c(nc3ccc(CNCC4OCCO4)cc32)s1.Cl.Cl. The first-order chi connectivity index (χ1) is 13.8. The Labute approximate surface area is 198 Å². The quantitative estimate of drug-likeness (QED) is 0.568. The van der Waals surface area contributed by atoms with Gasteiger partial charge in [-0.3, -0.25) is 9.20 Å². The predicted molar refractivity (Wildman–Crippen MR) is 129 cm³/mol. The fourth-order valence-corrected chi connectivity index (χ4v) is 4.59. The molecule has 1 aromatic carbocycles. The third-order valence-corrected chi connectivity index (χ3v) is 5.74. The first-order valence-corrected chi connectivity index (χ1v) is 10.7. The molecule has 1 N–H and O–H groups in total. The van der Waals surface area contributed by atoms with E-state index in [-0.39, 0.29) is 42.4 Å². The van der Waals surface area contributed by atoms with Gasteiger partial charge in [0.05, 0.1) is 24.2 Å². The van der Waals surface area contributed by atoms with Crippen LogP contribution in [0.3, 0.4) is 0 Å². The molecule has 1 amide bonds. The highest BCUT2D eigenvalue weighted by molar-refractivity contribution is 7.18. The van der Waals surface area contributed by atoms with E-state index in [2.05, 4.69) is 43.2 Å². The van der Waals surface area contributed by atoms with Gasteiger partial charge < -0.3 is 19.7 Å². The molecule has 7 nitrogen and oxygen atoms in total. The Balaban J connectivity index is 0.00000171. The standard InChI is InChI=1S/C21H28N4O3S.2ClH/c1-21(2,3)13-24(4)19(26)17-12-25-16-9-14(5-6-15(16)23-20(25)29-17)10-22-11-18-27-7-8-28-18;;/h5-6,9,12,18,22H,7-8,10-11,13H2,1-4H3;2*1H. The lowest BCUT2D eigenvalue weighted by Gasteiger charge is -2.26. The Hall–Kier alpha value is -1.42. The zero-order valence-corrected chi connectivity index (χ0v) is 20.7. The van der Waals surface area contributed by atoms with E-state index in [1.54, 1.807) is 4.90 Å². The van der Waals surface area contributed by atoms with Crippen molar-refractivity contribution in [1.29, 1.82) is 0 Å². The van der Waals surface area contributed by atoms with Crippen molar-refractivity contribution in [3.63, 3.8) is 0 Å². The van der Waals surface area contributed by atoms with Crippen molar-refractivity contribution in [3.05, 3.63) is 34.8 Å². The van der Waals surface area contributed by atoms with Crippen LogP contribution in [0.5, 0.6) is 0 Å². The number of hydrogen-bond acceptors (Lipinski definition) is 6. The molecule has 31 heavy (non-hydrogen) atoms. The molecule has 3 heterocycles. The van der Waals surface area contributed by atoms with Crippen molar-refractivity contribution >= 4 is 58.1 Å². The molecule has 0 atom stereocenters. The summed E-state index contributed by atoms with van der Waals surface area (Å²) in [5.74, 6) is 0.0398. The molecule has 1 fully saturated rings. The van der Waals surface area contributed by atoms with Gasteiger partial charge in [-0.1, -0.05) is 38.2 Å². The van der Waals surface area contributed by atoms with Crippen LogP contribution in [-0.4, -0.2) is 59.8 Å². The number of ether oxygens (including phenoxy) is 2. The molecule has 0 radical (unpaired) electrons. The molecule has 0 bridgehead atoms. The van der Waals surface area contributed by atoms with Gasteiger partial charge in [-0.05, 0) is 23.1 Å². The number of thiazole rings is 1. The first kappa shape index (κ1) is 25.8. The monoisotopic (exact) mass is 488 g/mol. The number of fused-ring (bicyclic) bond motifs is 3. The molecule has 10 heteroatoms. The number of nitrogens with zero attached hydrogens (tertiary/aromatic N) is 3. The molecular formula is C21H30Cl2N4O3S. The molecule has 3 aromatic rings. The van der Waals surface area contributed by atoms with Gasteiger partial charge in [0.15, 0.2) is 11.3 Å². The second kappa shape index (κ2) is 10.5. The van der Waals surface area contributed by atoms with Crippen LogP contribution in [0.25, 0.3) is 16.0 Å². The second-order valence-corrected chi connectivity index (χ2v) is 9.72. The van der Waals surface area contributed by atoms with E-state index < -0.39 is 0 Å². The first-order valence-electron chi connectivity index (χ1n) is 9.90. The largest absolute Gasteiger partial charge is 0.349 e. The van der Waals surface area contributed by atoms with Crippen LogP contribution in [0.1, 0.15) is 36.0 Å². The second-order valence-electron chi connectivity index (χ2n) is 8.71. The lowest BCUT2D eigenvalue weighted by molar-refractivity contribution is -0.0392. The minimum Gasteiger partial charge on any atom is -0.349 e. The Morgan fingerprint density at radius 2 is 2.00 bits per heavy atom. The highest BCUT2D eigenvalue weighted by Crippen LogP contribution is 2.26. The number of aromatic nitrogens is 2. The maximum absolute atomic E-state index is 12.8. The fourth-order valence-electron chi connectivity index (χ4n) is 3.59. The van der Waals surface area contributed by atoms with Gasteiger partial charge in [0.25, 0.3) is 5.91 Å². The number of carbonyl (C=O) groups excluding carboxylic acids is 1. The van der Waals surface area contributed by atoms with Crippen LogP contribution in [0.15, 0.2) is 24.4 Å². The number of amides is 1. The topological polar surface area (TPSA) is 68.1 Å². The van der Waals surface area contributed by atoms with Crippen molar-refractivity contribution in [1.82, 2.24) is 19.6 Å². The van der Waals surface area contributed by atoms with Gasteiger partial charge in [-0.15, -0.1) is 24.8 Å². The number of halogens is 2. The fraction of sp³-hybridized carbons (Fsp3) is 0.524. The van der Waals surface area contributed by atoms with Crippen LogP contribution >= 0.6 is 36.2 Å². The Kier molecular flexibility index (Phi) is 8.72. The van der Waals surface area contributed by atoms with E-state index in [1.165, 1.54) is 11.3 Å². The van der Waals surface area contributed by atoms with Gasteiger partial charge in [-0.2, -0.15) is 0 Å². The van der Waals surface area contributed by atoms with Gasteiger partial charge in [0.2, 0.25) is 0 Å². The molecule has 1 aliphatic rings. The smallest absolute Gasteiger partial charge is 0.265 e. The van der Waals surface area contributed by atoms with E-state index >= 15 is 0 Å². The molecule has 0 unspecified atom stereocenters. The number of rotatable bonds is 6. The summed E-state index contributed by atoms with van der Waals surface area (Å²) in [6, 6.07) is 6.23. The Morgan fingerprint density at radius 3 is 2.68 bits per heavy atom. The number of imidazole rings is 1. The van der Waals surface area contributed by atoms with Crippen molar-refractivity contribution in [2.75, 3.05) is 33.4 Å². The average Bonchev–Trinajstić information content (AvgIpc) is 3.35. The Morgan fingerprint density at radius 1 is 1.29 bits per heavy atom. The van der Waals surface area contributed by atoms with Crippen molar-refractivity contribution in [3.8, 4) is 0 Å². The van der Waals surface area contributed by atoms with Crippen LogP contribution in [0.4, 0.5) is 0 Å². The molecule has 2 aromatic heterocycles. The number of benzene rings is 1. The highest BCUT2D eigenvalue weighted by atomic mass is 35.5. The van der Waals surface area contributed by atoms with Crippen LogP contribution < -0.4 is 5.32 Å². The third-order valence-electron chi connectivity index (χ3n) is 4.77. The van der Waals surface area contributed by atoms with Crippen LogP contribution in [-0.2, 0) is 16.0 Å². The number of hydrogen-bond donors (Lipinski definition) is 1. The zero-order valence-electron chi connectivity index (χ0n) is 18.2. The zero-order chi connectivity index (χ0) is 20.6. The molecule has 1 aliphatic heterocycles. The lowest BCUT2D eigenvalue weighted by Crippen LogP contribution is -2.34. The van der Waals surface area contributed by atoms with Gasteiger partial charge >= 0.3 is 0 Å². The van der Waals surface area contributed by atoms with E-state index in [0.717, 1.165) is 28.1 Å². The number of nitrogens with one attached hydrogen (secondary N) is 1. The number of carbonyl (C=O) groups is 1. The normalized spacial score (nSPS) is 14.6. The minimum atomic E-state index is -0.157. The summed E-state index contributed by atoms with van der Waals surface area (Å²) >= 11 is 1.44. The van der Waals surface area contributed by atoms with Gasteiger partial charge in [0.1, 0.15) is 4.88 Å². The lowest BCUT2D eigenvalue weighted by atomic mass is 9.96. The van der Waals surface area contributed by atoms with Crippen LogP contribution in [0, 0.1) is 5.41 Å². The van der Waals surface area contributed by atoms with Crippen molar-refractivity contribution in [2.45, 2.75) is 33.6 Å². The van der Waals surface area contributed by atoms with Crippen molar-refractivity contribution in [2.24, 2.45) is 5.41 Å². The third kappa shape index (κ3) is 6.09. The molecule has 0 saturated carbocycles. The van der Waals surface area contributed by atoms with Gasteiger partial charge in [-0.25, -0.2) is 4.98 Å². The summed E-state index contributed by atoms with van der Waals surface area (Å²) in [5.41, 5.74) is 3.16. The average molecular weight is 489 g/mol. The summed E-state index contributed by atoms with van der Waals surface area (Å²) in [6.45, 7) is 9.81. The Bertz CT molecular complexity index is 1020. The van der Waals surface area contributed by atoms with E-state index in [4.69, 9.17) is 9.47 Å². The van der Waals surface area contributed by atoms with Crippen molar-refractivity contribution < 1.29 is 14.3 Å². The maximum atomic E-state index is 12.8. The highest BCUT2D eigenvalue weighted by Gasteiger charge is 2.22. The molecule has 0 aliphatic carbocycles. The summed E-state index contributed by atoms with van der Waals surface area (Å²) in [7, 11) is 1.86. The summed E-state index contributed by atoms with van der Waals surface area (Å²) < 4.78 is 12.9. The molecule has 1 saturated heterocycles.